The fraction of sp³-hybridized carbons (Fsp3) is 0.762. The SMILES string of the molecule is CCNC(=NCC(C)c1c(C)noc1C)N1CCC(C(=O)N2CCOCC2)CC1. The van der Waals surface area contributed by atoms with Crippen LogP contribution in [0.3, 0.4) is 0 Å². The fourth-order valence-corrected chi connectivity index (χ4v) is 4.31. The molecule has 1 N–H and O–H groups in total. The molecule has 2 fully saturated rings. The van der Waals surface area contributed by atoms with Crippen LogP contribution in [0.25, 0.3) is 0 Å². The van der Waals surface area contributed by atoms with E-state index in [1.165, 1.54) is 0 Å². The van der Waals surface area contributed by atoms with Gasteiger partial charge in [-0.3, -0.25) is 9.79 Å². The van der Waals surface area contributed by atoms with Crippen LogP contribution in [0.5, 0.6) is 0 Å². The van der Waals surface area contributed by atoms with E-state index in [1.807, 2.05) is 18.7 Å². The highest BCUT2D eigenvalue weighted by molar-refractivity contribution is 5.82. The van der Waals surface area contributed by atoms with E-state index in [4.69, 9.17) is 14.3 Å². The zero-order chi connectivity index (χ0) is 20.8. The van der Waals surface area contributed by atoms with Crippen molar-refractivity contribution in [2.24, 2.45) is 10.9 Å². The van der Waals surface area contributed by atoms with Gasteiger partial charge in [0, 0.05) is 56.7 Å². The Kier molecular flexibility index (Phi) is 7.52. The van der Waals surface area contributed by atoms with E-state index >= 15 is 0 Å². The summed E-state index contributed by atoms with van der Waals surface area (Å²) in [5, 5.41) is 7.48. The number of carbonyl (C=O) groups excluding carboxylic acids is 1. The Morgan fingerprint density at radius 1 is 1.21 bits per heavy atom. The molecule has 1 atom stereocenters. The average Bonchev–Trinajstić information content (AvgIpc) is 3.09. The van der Waals surface area contributed by atoms with Gasteiger partial charge in [0.25, 0.3) is 0 Å². The van der Waals surface area contributed by atoms with Gasteiger partial charge in [-0.2, -0.15) is 0 Å². The lowest BCUT2D eigenvalue weighted by Crippen LogP contribution is -2.50. The lowest BCUT2D eigenvalue weighted by Gasteiger charge is -2.36. The highest BCUT2D eigenvalue weighted by Gasteiger charge is 2.30. The summed E-state index contributed by atoms with van der Waals surface area (Å²) >= 11 is 0. The molecule has 1 unspecified atom stereocenters. The van der Waals surface area contributed by atoms with Gasteiger partial charge in [0.15, 0.2) is 5.96 Å². The van der Waals surface area contributed by atoms with Crippen LogP contribution in [-0.2, 0) is 9.53 Å². The molecule has 2 aliphatic rings. The Labute approximate surface area is 173 Å². The average molecular weight is 406 g/mol. The Hall–Kier alpha value is -2.09. The summed E-state index contributed by atoms with van der Waals surface area (Å²) in [6, 6.07) is 0. The molecule has 0 radical (unpaired) electrons. The second-order valence-corrected chi connectivity index (χ2v) is 8.03. The number of ether oxygens (including phenoxy) is 1. The zero-order valence-electron chi connectivity index (χ0n) is 18.2. The fourth-order valence-electron chi connectivity index (χ4n) is 4.31. The van der Waals surface area contributed by atoms with E-state index < -0.39 is 0 Å². The number of carbonyl (C=O) groups is 1. The maximum Gasteiger partial charge on any atom is 0.225 e. The summed E-state index contributed by atoms with van der Waals surface area (Å²) in [7, 11) is 0. The number of rotatable bonds is 5. The van der Waals surface area contributed by atoms with Gasteiger partial charge >= 0.3 is 0 Å². The van der Waals surface area contributed by atoms with Crippen LogP contribution >= 0.6 is 0 Å². The topological polar surface area (TPSA) is 83.2 Å². The number of hydrogen-bond donors (Lipinski definition) is 1. The molecule has 0 spiro atoms. The molecule has 2 saturated heterocycles. The van der Waals surface area contributed by atoms with Crippen LogP contribution in [0.4, 0.5) is 0 Å². The summed E-state index contributed by atoms with van der Waals surface area (Å²) in [5.41, 5.74) is 2.09. The second kappa shape index (κ2) is 10.1. The first-order chi connectivity index (χ1) is 14.0. The van der Waals surface area contributed by atoms with Gasteiger partial charge < -0.3 is 24.4 Å². The van der Waals surface area contributed by atoms with E-state index in [-0.39, 0.29) is 11.8 Å². The van der Waals surface area contributed by atoms with Crippen molar-refractivity contribution in [3.05, 3.63) is 17.0 Å². The minimum atomic E-state index is 0.119. The molecular formula is C21H35N5O3. The number of nitrogens with one attached hydrogen (secondary N) is 1. The van der Waals surface area contributed by atoms with Crippen LogP contribution in [0.15, 0.2) is 9.52 Å². The molecule has 0 bridgehead atoms. The third-order valence-electron chi connectivity index (χ3n) is 5.90. The van der Waals surface area contributed by atoms with Crippen molar-refractivity contribution < 1.29 is 14.1 Å². The molecule has 29 heavy (non-hydrogen) atoms. The number of morpholine rings is 1. The van der Waals surface area contributed by atoms with E-state index in [0.717, 1.165) is 68.5 Å². The van der Waals surface area contributed by atoms with Crippen LogP contribution in [-0.4, -0.2) is 79.3 Å². The van der Waals surface area contributed by atoms with Gasteiger partial charge in [0.1, 0.15) is 5.76 Å². The number of aryl methyl sites for hydroxylation is 2. The van der Waals surface area contributed by atoms with Gasteiger partial charge in [0.05, 0.1) is 18.9 Å². The molecule has 8 heteroatoms. The van der Waals surface area contributed by atoms with Crippen molar-refractivity contribution in [2.45, 2.75) is 46.5 Å². The van der Waals surface area contributed by atoms with Crippen LogP contribution in [0.2, 0.25) is 0 Å². The number of guanidine groups is 1. The van der Waals surface area contributed by atoms with Crippen LogP contribution in [0.1, 0.15) is 49.6 Å². The van der Waals surface area contributed by atoms with E-state index in [2.05, 4.69) is 29.2 Å². The van der Waals surface area contributed by atoms with Crippen molar-refractivity contribution >= 4 is 11.9 Å². The Bertz CT molecular complexity index is 684. The molecule has 1 aromatic rings. The molecule has 0 saturated carbocycles. The van der Waals surface area contributed by atoms with Gasteiger partial charge in [-0.1, -0.05) is 12.1 Å². The molecule has 0 aromatic carbocycles. The minimum Gasteiger partial charge on any atom is -0.378 e. The highest BCUT2D eigenvalue weighted by atomic mass is 16.5. The first-order valence-corrected chi connectivity index (χ1v) is 10.8. The van der Waals surface area contributed by atoms with Gasteiger partial charge in [-0.15, -0.1) is 0 Å². The Morgan fingerprint density at radius 3 is 2.48 bits per heavy atom. The van der Waals surface area contributed by atoms with Crippen LogP contribution < -0.4 is 5.32 Å². The number of piperidine rings is 1. The predicted molar refractivity (Wildman–Crippen MR) is 112 cm³/mol. The summed E-state index contributed by atoms with van der Waals surface area (Å²) in [6.45, 7) is 14.2. The van der Waals surface area contributed by atoms with Crippen LogP contribution in [0, 0.1) is 19.8 Å². The first-order valence-electron chi connectivity index (χ1n) is 10.8. The third-order valence-corrected chi connectivity index (χ3v) is 5.90. The third kappa shape index (κ3) is 5.29. The molecule has 1 amide bonds. The largest absolute Gasteiger partial charge is 0.378 e. The predicted octanol–water partition coefficient (Wildman–Crippen LogP) is 1.93. The van der Waals surface area contributed by atoms with Crippen molar-refractivity contribution in [1.29, 1.82) is 0 Å². The number of likely N-dealkylation sites (tertiary alicyclic amines) is 1. The summed E-state index contributed by atoms with van der Waals surface area (Å²) < 4.78 is 10.7. The lowest BCUT2D eigenvalue weighted by molar-refractivity contribution is -0.140. The van der Waals surface area contributed by atoms with E-state index in [0.29, 0.717) is 25.7 Å². The molecule has 0 aliphatic carbocycles. The quantitative estimate of drug-likeness (QED) is 0.595. The zero-order valence-corrected chi connectivity index (χ0v) is 18.2. The second-order valence-electron chi connectivity index (χ2n) is 8.03. The maximum absolute atomic E-state index is 12.8. The van der Waals surface area contributed by atoms with E-state index in [1.54, 1.807) is 0 Å². The Morgan fingerprint density at radius 2 is 1.90 bits per heavy atom. The first kappa shape index (κ1) is 21.6. The number of aromatic nitrogens is 1. The van der Waals surface area contributed by atoms with Crippen molar-refractivity contribution in [2.75, 3.05) is 52.5 Å². The molecule has 3 heterocycles. The maximum atomic E-state index is 12.8. The Balaban J connectivity index is 1.57. The normalized spacial score (nSPS) is 20.1. The molecule has 162 valence electrons. The smallest absolute Gasteiger partial charge is 0.225 e. The standard InChI is InChI=1S/C21H35N5O3/c1-5-22-21(23-14-15(2)19-16(3)24-29-17(19)4)26-8-6-18(7-9-26)20(27)25-10-12-28-13-11-25/h15,18H,5-14H2,1-4H3,(H,22,23). The number of aliphatic imine (C=N–C) groups is 1. The molecule has 1 aromatic heterocycles. The van der Waals surface area contributed by atoms with Gasteiger partial charge in [0.2, 0.25) is 5.91 Å². The highest BCUT2D eigenvalue weighted by Crippen LogP contribution is 2.24. The van der Waals surface area contributed by atoms with Crippen molar-refractivity contribution in [3.8, 4) is 0 Å². The summed E-state index contributed by atoms with van der Waals surface area (Å²) in [4.78, 5) is 21.9. The summed E-state index contributed by atoms with van der Waals surface area (Å²) in [5.74, 6) is 2.46. The number of hydrogen-bond acceptors (Lipinski definition) is 5. The molecule has 8 nitrogen and oxygen atoms in total. The van der Waals surface area contributed by atoms with Gasteiger partial charge in [-0.25, -0.2) is 0 Å². The lowest BCUT2D eigenvalue weighted by atomic mass is 9.95. The monoisotopic (exact) mass is 405 g/mol. The number of nitrogens with zero attached hydrogens (tertiary/aromatic N) is 4. The minimum absolute atomic E-state index is 0.119. The molecule has 2 aliphatic heterocycles. The number of amides is 1. The van der Waals surface area contributed by atoms with E-state index in [9.17, 15) is 4.79 Å². The van der Waals surface area contributed by atoms with Crippen molar-refractivity contribution in [3.63, 3.8) is 0 Å². The molecule has 3 rings (SSSR count). The summed E-state index contributed by atoms with van der Waals surface area (Å²) in [6.07, 6.45) is 1.75. The van der Waals surface area contributed by atoms with Crippen molar-refractivity contribution in [1.82, 2.24) is 20.3 Å². The molecular weight excluding hydrogens is 370 g/mol. The van der Waals surface area contributed by atoms with Gasteiger partial charge in [-0.05, 0) is 33.6 Å².